The third-order valence-electron chi connectivity index (χ3n) is 6.13. The van der Waals surface area contributed by atoms with E-state index >= 15 is 0 Å². The maximum atomic E-state index is 12.0. The lowest BCUT2D eigenvalue weighted by molar-refractivity contribution is 0.0950. The van der Waals surface area contributed by atoms with Crippen molar-refractivity contribution >= 4 is 5.91 Å². The molecule has 7 nitrogen and oxygen atoms in total. The van der Waals surface area contributed by atoms with E-state index in [9.17, 15) is 4.79 Å². The fraction of sp³-hybridized carbons (Fsp3) is 0.750. The number of aromatic nitrogens is 1. The van der Waals surface area contributed by atoms with E-state index in [0.717, 1.165) is 45.6 Å². The summed E-state index contributed by atoms with van der Waals surface area (Å²) in [5, 5.41) is 11.9. The highest BCUT2D eigenvalue weighted by Crippen LogP contribution is 2.11. The van der Waals surface area contributed by atoms with Crippen molar-refractivity contribution in [2.24, 2.45) is 5.73 Å². The van der Waals surface area contributed by atoms with Gasteiger partial charge in [0.25, 0.3) is 5.91 Å². The number of aliphatic hydroxyl groups is 1. The number of rotatable bonds is 16. The van der Waals surface area contributed by atoms with E-state index in [-0.39, 0.29) is 18.6 Å². The van der Waals surface area contributed by atoms with Crippen LogP contribution in [0.1, 0.15) is 68.1 Å². The molecule has 1 aliphatic heterocycles. The Morgan fingerprint density at radius 2 is 1.61 bits per heavy atom. The molecule has 1 fully saturated rings. The minimum absolute atomic E-state index is 0.0196. The zero-order valence-electron chi connectivity index (χ0n) is 19.2. The van der Waals surface area contributed by atoms with Gasteiger partial charge < -0.3 is 21.1 Å². The topological polar surface area (TPSA) is 94.7 Å². The van der Waals surface area contributed by atoms with Crippen LogP contribution in [0.25, 0.3) is 0 Å². The first-order chi connectivity index (χ1) is 15.2. The predicted molar refractivity (Wildman–Crippen MR) is 126 cm³/mol. The normalized spacial score (nSPS) is 16.3. The number of piperazine rings is 1. The van der Waals surface area contributed by atoms with Crippen LogP contribution in [0, 0.1) is 0 Å². The number of nitrogens with one attached hydrogen (secondary N) is 1. The van der Waals surface area contributed by atoms with Crippen molar-refractivity contribution in [2.45, 2.75) is 63.8 Å². The molecular formula is C24H43N5O2. The molecule has 2 rings (SSSR count). The van der Waals surface area contributed by atoms with Gasteiger partial charge in [-0.3, -0.25) is 14.7 Å². The van der Waals surface area contributed by atoms with Crippen molar-refractivity contribution in [3.05, 3.63) is 30.1 Å². The van der Waals surface area contributed by atoms with Crippen LogP contribution in [0.2, 0.25) is 0 Å². The fourth-order valence-corrected chi connectivity index (χ4v) is 4.11. The molecule has 0 aliphatic carbocycles. The van der Waals surface area contributed by atoms with E-state index in [1.54, 1.807) is 24.5 Å². The van der Waals surface area contributed by atoms with Gasteiger partial charge in [-0.15, -0.1) is 0 Å². The number of nitrogens with zero attached hydrogens (tertiary/aromatic N) is 3. The number of carbonyl (C=O) groups excluding carboxylic acids is 1. The Morgan fingerprint density at radius 1 is 1.00 bits per heavy atom. The Hall–Kier alpha value is -1.54. The number of β-amino-alcohol motifs (C(OH)–C–C–N with tert-alkyl or cyclic N) is 1. The van der Waals surface area contributed by atoms with Crippen molar-refractivity contribution in [3.63, 3.8) is 0 Å². The van der Waals surface area contributed by atoms with E-state index in [2.05, 4.69) is 20.1 Å². The average molecular weight is 434 g/mol. The molecule has 176 valence electrons. The summed E-state index contributed by atoms with van der Waals surface area (Å²) in [6.45, 7) is 7.33. The van der Waals surface area contributed by atoms with E-state index in [4.69, 9.17) is 10.8 Å². The maximum Gasteiger partial charge on any atom is 0.252 e. The molecule has 1 saturated heterocycles. The Morgan fingerprint density at radius 3 is 2.23 bits per heavy atom. The van der Waals surface area contributed by atoms with Crippen LogP contribution in [0.15, 0.2) is 24.5 Å². The summed E-state index contributed by atoms with van der Waals surface area (Å²) in [6, 6.07) is 3.54. The summed E-state index contributed by atoms with van der Waals surface area (Å²) in [5.41, 5.74) is 6.71. The fourth-order valence-electron chi connectivity index (χ4n) is 4.11. The molecule has 2 heterocycles. The molecule has 0 radical (unpaired) electrons. The van der Waals surface area contributed by atoms with Crippen LogP contribution in [-0.4, -0.2) is 84.3 Å². The second-order valence-electron chi connectivity index (χ2n) is 8.74. The number of pyridine rings is 1. The number of carbonyl (C=O) groups is 1. The van der Waals surface area contributed by atoms with E-state index in [1.807, 2.05) is 0 Å². The van der Waals surface area contributed by atoms with Gasteiger partial charge in [0.2, 0.25) is 0 Å². The average Bonchev–Trinajstić information content (AvgIpc) is 2.80. The quantitative estimate of drug-likeness (QED) is 0.346. The first kappa shape index (κ1) is 25.7. The molecule has 0 saturated carbocycles. The first-order valence-corrected chi connectivity index (χ1v) is 12.2. The molecule has 1 unspecified atom stereocenters. The summed E-state index contributed by atoms with van der Waals surface area (Å²) >= 11 is 0. The lowest BCUT2D eigenvalue weighted by Crippen LogP contribution is -2.47. The molecular weight excluding hydrogens is 390 g/mol. The standard InChI is InChI=1S/C24H43N5O2/c25-23(21-27-24(31)22-10-9-12-26-20-22)11-7-5-3-1-2-4-6-8-13-28-14-16-29(17-15-28)18-19-30/h9-10,12,20,23,30H,1-8,11,13-19,21,25H2,(H,27,31). The van der Waals surface area contributed by atoms with Gasteiger partial charge in [-0.25, -0.2) is 0 Å². The van der Waals surface area contributed by atoms with Crippen LogP contribution >= 0.6 is 0 Å². The molecule has 1 aromatic heterocycles. The van der Waals surface area contributed by atoms with E-state index in [1.165, 1.54) is 51.5 Å². The monoisotopic (exact) mass is 433 g/mol. The lowest BCUT2D eigenvalue weighted by Gasteiger charge is -2.34. The second-order valence-corrected chi connectivity index (χ2v) is 8.74. The molecule has 1 atom stereocenters. The summed E-state index contributed by atoms with van der Waals surface area (Å²) in [5.74, 6) is -0.104. The van der Waals surface area contributed by atoms with Crippen molar-refractivity contribution in [3.8, 4) is 0 Å². The highest BCUT2D eigenvalue weighted by Gasteiger charge is 2.15. The van der Waals surface area contributed by atoms with Gasteiger partial charge in [0.1, 0.15) is 0 Å². The number of unbranched alkanes of at least 4 members (excludes halogenated alkanes) is 7. The van der Waals surface area contributed by atoms with E-state index in [0.29, 0.717) is 12.1 Å². The van der Waals surface area contributed by atoms with E-state index < -0.39 is 0 Å². The zero-order valence-corrected chi connectivity index (χ0v) is 19.2. The van der Waals surface area contributed by atoms with Crippen LogP contribution in [0.3, 0.4) is 0 Å². The molecule has 7 heteroatoms. The molecule has 1 aliphatic rings. The number of nitrogens with two attached hydrogens (primary N) is 1. The SMILES string of the molecule is NC(CCCCCCCCCCN1CCN(CCO)CC1)CNC(=O)c1cccnc1. The molecule has 31 heavy (non-hydrogen) atoms. The molecule has 1 amide bonds. The van der Waals surface area contributed by atoms with Crippen LogP contribution in [-0.2, 0) is 0 Å². The molecule has 0 aromatic carbocycles. The Labute approximate surface area is 188 Å². The highest BCUT2D eigenvalue weighted by molar-refractivity contribution is 5.93. The van der Waals surface area contributed by atoms with Gasteiger partial charge in [-0.05, 0) is 31.5 Å². The van der Waals surface area contributed by atoms with Crippen molar-refractivity contribution in [1.82, 2.24) is 20.1 Å². The van der Waals surface area contributed by atoms with Crippen molar-refractivity contribution < 1.29 is 9.90 Å². The van der Waals surface area contributed by atoms with Crippen LogP contribution < -0.4 is 11.1 Å². The Balaban J connectivity index is 1.34. The van der Waals surface area contributed by atoms with Crippen molar-refractivity contribution in [1.29, 1.82) is 0 Å². The molecule has 0 bridgehead atoms. The largest absolute Gasteiger partial charge is 0.395 e. The van der Waals surface area contributed by atoms with Gasteiger partial charge >= 0.3 is 0 Å². The van der Waals surface area contributed by atoms with Gasteiger partial charge in [0.15, 0.2) is 0 Å². The highest BCUT2D eigenvalue weighted by atomic mass is 16.3. The zero-order chi connectivity index (χ0) is 22.2. The first-order valence-electron chi connectivity index (χ1n) is 12.2. The Kier molecular flexibility index (Phi) is 13.4. The maximum absolute atomic E-state index is 12.0. The summed E-state index contributed by atoms with van der Waals surface area (Å²) < 4.78 is 0. The lowest BCUT2D eigenvalue weighted by atomic mass is 10.0. The summed E-state index contributed by atoms with van der Waals surface area (Å²) in [6.07, 6.45) is 14.4. The Bertz CT molecular complexity index is 579. The number of aliphatic hydroxyl groups excluding tert-OH is 1. The molecule has 1 aromatic rings. The smallest absolute Gasteiger partial charge is 0.252 e. The molecule has 4 N–H and O–H groups in total. The minimum Gasteiger partial charge on any atom is -0.395 e. The summed E-state index contributed by atoms with van der Waals surface area (Å²) in [4.78, 5) is 20.9. The number of amides is 1. The predicted octanol–water partition coefficient (Wildman–Crippen LogP) is 2.26. The van der Waals surface area contributed by atoms with Gasteiger partial charge in [0, 0.05) is 57.7 Å². The van der Waals surface area contributed by atoms with Gasteiger partial charge in [-0.2, -0.15) is 0 Å². The second kappa shape index (κ2) is 16.1. The third-order valence-corrected chi connectivity index (χ3v) is 6.13. The summed E-state index contributed by atoms with van der Waals surface area (Å²) in [7, 11) is 0. The van der Waals surface area contributed by atoms with Gasteiger partial charge in [0.05, 0.1) is 12.2 Å². The van der Waals surface area contributed by atoms with Crippen LogP contribution in [0.4, 0.5) is 0 Å². The van der Waals surface area contributed by atoms with Crippen molar-refractivity contribution in [2.75, 3.05) is 52.4 Å². The number of hydrogen-bond donors (Lipinski definition) is 3. The van der Waals surface area contributed by atoms with Crippen LogP contribution in [0.5, 0.6) is 0 Å². The number of hydrogen-bond acceptors (Lipinski definition) is 6. The third kappa shape index (κ3) is 11.6. The minimum atomic E-state index is -0.104. The molecule has 0 spiro atoms. The van der Waals surface area contributed by atoms with Gasteiger partial charge in [-0.1, -0.05) is 44.9 Å².